The van der Waals surface area contributed by atoms with Crippen molar-refractivity contribution in [1.82, 2.24) is 0 Å². The number of carboxylic acid groups (broad SMARTS) is 1. The van der Waals surface area contributed by atoms with E-state index in [2.05, 4.69) is 41.1 Å². The molecule has 0 radical (unpaired) electrons. The van der Waals surface area contributed by atoms with Crippen LogP contribution in [0.2, 0.25) is 0 Å². The summed E-state index contributed by atoms with van der Waals surface area (Å²) in [4.78, 5) is 32.9. The van der Waals surface area contributed by atoms with E-state index in [0.717, 1.165) is 61.5 Å². The van der Waals surface area contributed by atoms with Crippen molar-refractivity contribution in [3.8, 4) is 23.0 Å². The van der Waals surface area contributed by atoms with E-state index in [0.29, 0.717) is 17.1 Å². The second-order valence-electron chi connectivity index (χ2n) is 14.4. The Kier molecular flexibility index (Phi) is 15.6. The van der Waals surface area contributed by atoms with Gasteiger partial charge in [0.15, 0.2) is 17.2 Å². The molecule has 35 heteroatoms. The minimum atomic E-state index is -5.53. The third-order valence-corrected chi connectivity index (χ3v) is 12.9. The number of aromatic hydroxyl groups is 2. The third kappa shape index (κ3) is 12.2. The molecule has 0 saturated carbocycles. The molecule has 73 heavy (non-hydrogen) atoms. The smallest absolute Gasteiger partial charge is 0.355 e. The number of carbonyl (C=O) groups is 3. The summed E-state index contributed by atoms with van der Waals surface area (Å²) in [5.41, 5.74) is -5.31. The minimum Gasteiger partial charge on any atom is -0.505 e. The Morgan fingerprint density at radius 3 is 1.60 bits per heavy atom. The Balaban J connectivity index is 1.49. The van der Waals surface area contributed by atoms with Gasteiger partial charge in [-0.1, -0.05) is 0 Å². The number of fused-ring (bicyclic) bond motifs is 1. The number of aliphatic hydroxyl groups is 2. The molecule has 0 saturated heterocycles. The van der Waals surface area contributed by atoms with Crippen LogP contribution in [0, 0.1) is 0 Å². The van der Waals surface area contributed by atoms with Gasteiger partial charge in [-0.05, 0) is 60.0 Å². The monoisotopic (exact) mass is 1100 g/mol. The second-order valence-corrected chi connectivity index (χ2v) is 20.0. The molecule has 1 heterocycles. The van der Waals surface area contributed by atoms with E-state index in [9.17, 15) is 91.8 Å². The number of ether oxygens (including phenoxy) is 2. The van der Waals surface area contributed by atoms with E-state index in [1.807, 2.05) is 0 Å². The number of anilines is 2. The number of hydrogen-bond acceptors (Lipinski definition) is 24. The van der Waals surface area contributed by atoms with E-state index in [-0.39, 0.29) is 11.4 Å². The standard InChI is InChI=1S/C38H33N9O22S4/c1-17(50)39-19-2-7-22(27(14-19)71(59,60)61)40-43-31-28(72(62,63)64)12-18-13-29(73(65,66)67)32(36(52)30(18)35(31)51)44-41-23-15-26(69-11-9-49)24(16-25(23)68-10-8-48)42-45-33-34(38(54)55)46-47(37(33)53)20-3-5-21(6-4-20)70(56,57)58/h2-7,12-16,33,48-49,51-52H,8-11H2,1H3,(H,39,50)(H,54,55)(H,56,57,58)(H,59,60,61)(H,62,63,64)(H,65,66,67). The van der Waals surface area contributed by atoms with Gasteiger partial charge < -0.3 is 40.3 Å². The van der Waals surface area contributed by atoms with Gasteiger partial charge in [0.25, 0.3) is 46.4 Å². The first-order chi connectivity index (χ1) is 34.0. The van der Waals surface area contributed by atoms with Gasteiger partial charge in [-0.3, -0.25) is 27.8 Å². The van der Waals surface area contributed by atoms with Crippen molar-refractivity contribution < 1.29 is 101 Å². The summed E-state index contributed by atoms with van der Waals surface area (Å²) < 4.78 is 149. The van der Waals surface area contributed by atoms with Crippen molar-refractivity contribution in [3.63, 3.8) is 0 Å². The molecule has 0 spiro atoms. The molecule has 386 valence electrons. The van der Waals surface area contributed by atoms with E-state index < -0.39 is 178 Å². The highest BCUT2D eigenvalue weighted by Crippen LogP contribution is 2.51. The molecule has 1 aliphatic rings. The maximum Gasteiger partial charge on any atom is 0.355 e. The number of amides is 2. The van der Waals surface area contributed by atoms with Crippen LogP contribution in [0.15, 0.2) is 122 Å². The molecule has 10 N–H and O–H groups in total. The van der Waals surface area contributed by atoms with E-state index in [1.54, 1.807) is 0 Å². The van der Waals surface area contributed by atoms with E-state index >= 15 is 0 Å². The summed E-state index contributed by atoms with van der Waals surface area (Å²) in [7, 11) is -20.9. The summed E-state index contributed by atoms with van der Waals surface area (Å²) >= 11 is 0. The zero-order chi connectivity index (χ0) is 54.0. The largest absolute Gasteiger partial charge is 0.505 e. The number of carboxylic acids is 1. The lowest BCUT2D eigenvalue weighted by molar-refractivity contribution is -0.130. The zero-order valence-electron chi connectivity index (χ0n) is 36.3. The summed E-state index contributed by atoms with van der Waals surface area (Å²) in [6, 6.07) is 7.34. The Labute approximate surface area is 409 Å². The lowest BCUT2D eigenvalue weighted by Gasteiger charge is -2.14. The van der Waals surface area contributed by atoms with Gasteiger partial charge in [0.05, 0.1) is 29.2 Å². The van der Waals surface area contributed by atoms with Crippen LogP contribution in [-0.4, -0.2) is 133 Å². The molecule has 6 rings (SSSR count). The van der Waals surface area contributed by atoms with Gasteiger partial charge >= 0.3 is 5.97 Å². The molecule has 0 bridgehead atoms. The molecule has 1 unspecified atom stereocenters. The average molecular weight is 1100 g/mol. The van der Waals surface area contributed by atoms with Gasteiger partial charge in [-0.2, -0.15) is 54.0 Å². The quantitative estimate of drug-likeness (QED) is 0.0416. The maximum atomic E-state index is 13.4. The number of carbonyl (C=O) groups excluding carboxylic acids is 2. The van der Waals surface area contributed by atoms with Crippen molar-refractivity contribution in [3.05, 3.63) is 66.7 Å². The van der Waals surface area contributed by atoms with Gasteiger partial charge in [0.1, 0.15) is 67.8 Å². The molecule has 0 fully saturated rings. The number of rotatable bonds is 19. The van der Waals surface area contributed by atoms with Crippen LogP contribution in [0.3, 0.4) is 0 Å². The summed E-state index contributed by atoms with van der Waals surface area (Å²) in [6.07, 6.45) is 0. The number of nitrogens with one attached hydrogen (secondary N) is 1. The fraction of sp³-hybridized carbons (Fsp3) is 0.158. The van der Waals surface area contributed by atoms with Gasteiger partial charge in [0.2, 0.25) is 11.9 Å². The number of hydrogen-bond donors (Lipinski definition) is 10. The number of aliphatic carboxylic acids is 1. The summed E-state index contributed by atoms with van der Waals surface area (Å²) in [5, 5.41) is 79.3. The highest BCUT2D eigenvalue weighted by Gasteiger charge is 2.41. The molecule has 0 aromatic heterocycles. The fourth-order valence-corrected chi connectivity index (χ4v) is 8.79. The zero-order valence-corrected chi connectivity index (χ0v) is 39.6. The maximum absolute atomic E-state index is 13.4. The van der Waals surface area contributed by atoms with Crippen molar-refractivity contribution in [2.75, 3.05) is 36.8 Å². The molecule has 1 aliphatic heterocycles. The average Bonchev–Trinajstić information content (AvgIpc) is 3.63. The highest BCUT2D eigenvalue weighted by molar-refractivity contribution is 7.86. The topological polar surface area (TPSA) is 490 Å². The molecule has 0 aliphatic carbocycles. The number of phenols is 2. The summed E-state index contributed by atoms with van der Waals surface area (Å²) in [6.45, 7) is -1.28. The molecular weight excluding hydrogens is 1060 g/mol. The van der Waals surface area contributed by atoms with Gasteiger partial charge in [-0.15, -0.1) is 20.5 Å². The molecule has 2 amide bonds. The molecular formula is C38H33N9O22S4. The molecule has 31 nitrogen and oxygen atoms in total. The Morgan fingerprint density at radius 1 is 0.658 bits per heavy atom. The normalized spacial score (nSPS) is 14.7. The van der Waals surface area contributed by atoms with Crippen LogP contribution < -0.4 is 19.8 Å². The first-order valence-corrected chi connectivity index (χ1v) is 25.3. The predicted octanol–water partition coefficient (Wildman–Crippen LogP) is 3.71. The second kappa shape index (κ2) is 21.0. The lowest BCUT2D eigenvalue weighted by Crippen LogP contribution is -2.33. The molecule has 5 aromatic rings. The van der Waals surface area contributed by atoms with Crippen molar-refractivity contribution in [1.29, 1.82) is 0 Å². The molecule has 1 atom stereocenters. The van der Waals surface area contributed by atoms with Crippen LogP contribution in [0.4, 0.5) is 39.8 Å². The van der Waals surface area contributed by atoms with E-state index in [1.165, 1.54) is 0 Å². The van der Waals surface area contributed by atoms with Crippen LogP contribution >= 0.6 is 0 Å². The third-order valence-electron chi connectivity index (χ3n) is 9.41. The Bertz CT molecular complexity index is 3700. The van der Waals surface area contributed by atoms with Crippen molar-refractivity contribution >= 4 is 115 Å². The number of nitrogens with zero attached hydrogens (tertiary/aromatic N) is 8. The van der Waals surface area contributed by atoms with Gasteiger partial charge in [0, 0.05) is 24.7 Å². The van der Waals surface area contributed by atoms with Crippen LogP contribution in [0.25, 0.3) is 10.8 Å². The number of azo groups is 3. The predicted molar refractivity (Wildman–Crippen MR) is 245 cm³/mol. The van der Waals surface area contributed by atoms with Crippen molar-refractivity contribution in [2.45, 2.75) is 32.5 Å². The number of phenolic OH excluding ortho intramolecular Hbond substituents is 2. The van der Waals surface area contributed by atoms with Crippen LogP contribution in [0.5, 0.6) is 23.0 Å². The summed E-state index contributed by atoms with van der Waals surface area (Å²) in [5.74, 6) is -7.20. The first-order valence-electron chi connectivity index (χ1n) is 19.6. The fourth-order valence-electron chi connectivity index (χ4n) is 6.35. The number of benzene rings is 5. The van der Waals surface area contributed by atoms with Gasteiger partial charge in [-0.25, -0.2) is 4.79 Å². The van der Waals surface area contributed by atoms with Crippen LogP contribution in [0.1, 0.15) is 6.92 Å². The highest BCUT2D eigenvalue weighted by atomic mass is 32.2. The Hall–Kier alpha value is -8.00. The lowest BCUT2D eigenvalue weighted by atomic mass is 10.1. The van der Waals surface area contributed by atoms with Crippen LogP contribution in [-0.2, 0) is 54.9 Å². The van der Waals surface area contributed by atoms with Crippen molar-refractivity contribution in [2.24, 2.45) is 35.8 Å². The number of aliphatic hydroxyl groups excluding tert-OH is 2. The SMILES string of the molecule is CC(=O)Nc1ccc(N=Nc2c(S(=O)(=O)O)cc3cc(S(=O)(=O)O)c(N=Nc4cc(OCCO)c(N=NC5C(=O)N(c6ccc(S(=O)(=O)O)cc6)N=C5C(=O)O)cc4OCCO)c(O)c3c2O)c(S(=O)(=O)O)c1. The first kappa shape index (κ1) is 54.3. The minimum absolute atomic E-state index is 0.158. The number of hydrazone groups is 1. The van der Waals surface area contributed by atoms with E-state index in [4.69, 9.17) is 9.47 Å². The Morgan fingerprint density at radius 2 is 1.15 bits per heavy atom. The molecule has 5 aromatic carbocycles.